The lowest BCUT2D eigenvalue weighted by Crippen LogP contribution is -2.27. The minimum atomic E-state index is -1.12. The Morgan fingerprint density at radius 1 is 1.00 bits per heavy atom. The summed E-state index contributed by atoms with van der Waals surface area (Å²) in [5, 5.41) is 9.89. The third-order valence-electron chi connectivity index (χ3n) is 3.20. The van der Waals surface area contributed by atoms with E-state index in [1.807, 2.05) is 0 Å². The van der Waals surface area contributed by atoms with E-state index >= 15 is 0 Å². The number of aromatic carboxylic acids is 1. The SMILES string of the molecule is CC(=O)N(Cc1ccc(Cl)c(Cl)c1)c1ccc(C(=O)O)c(Cl)c1. The normalized spacial score (nSPS) is 10.4. The van der Waals surface area contributed by atoms with Gasteiger partial charge in [-0.1, -0.05) is 40.9 Å². The number of nitrogens with zero attached hydrogens (tertiary/aromatic N) is 1. The number of carboxylic acid groups (broad SMARTS) is 1. The van der Waals surface area contributed by atoms with Crippen molar-refractivity contribution >= 4 is 52.4 Å². The van der Waals surface area contributed by atoms with Gasteiger partial charge in [0.25, 0.3) is 0 Å². The number of halogens is 3. The van der Waals surface area contributed by atoms with Crippen molar-refractivity contribution in [3.63, 3.8) is 0 Å². The fraction of sp³-hybridized carbons (Fsp3) is 0.125. The number of carbonyl (C=O) groups is 2. The maximum absolute atomic E-state index is 11.9. The van der Waals surface area contributed by atoms with Gasteiger partial charge < -0.3 is 10.0 Å². The molecule has 2 aromatic carbocycles. The summed E-state index contributed by atoms with van der Waals surface area (Å²) in [5.74, 6) is -1.34. The Morgan fingerprint density at radius 2 is 1.70 bits per heavy atom. The van der Waals surface area contributed by atoms with Crippen molar-refractivity contribution in [3.05, 3.63) is 62.6 Å². The highest BCUT2D eigenvalue weighted by Gasteiger charge is 2.16. The Morgan fingerprint density at radius 3 is 2.22 bits per heavy atom. The van der Waals surface area contributed by atoms with E-state index in [-0.39, 0.29) is 23.0 Å². The Hall–Kier alpha value is -1.75. The van der Waals surface area contributed by atoms with Crippen LogP contribution < -0.4 is 4.90 Å². The van der Waals surface area contributed by atoms with Crippen LogP contribution in [0.3, 0.4) is 0 Å². The molecule has 0 spiro atoms. The van der Waals surface area contributed by atoms with Gasteiger partial charge in [0, 0.05) is 12.6 Å². The average molecular weight is 373 g/mol. The highest BCUT2D eigenvalue weighted by Crippen LogP contribution is 2.27. The fourth-order valence-corrected chi connectivity index (χ4v) is 2.63. The van der Waals surface area contributed by atoms with Crippen LogP contribution in [0.25, 0.3) is 0 Å². The third-order valence-corrected chi connectivity index (χ3v) is 4.25. The predicted molar refractivity (Wildman–Crippen MR) is 91.7 cm³/mol. The molecule has 4 nitrogen and oxygen atoms in total. The Balaban J connectivity index is 2.35. The van der Waals surface area contributed by atoms with Crippen molar-refractivity contribution < 1.29 is 14.7 Å². The van der Waals surface area contributed by atoms with Gasteiger partial charge in [-0.2, -0.15) is 0 Å². The molecule has 0 saturated carbocycles. The lowest BCUT2D eigenvalue weighted by atomic mass is 10.1. The number of rotatable bonds is 4. The van der Waals surface area contributed by atoms with Crippen molar-refractivity contribution in [1.82, 2.24) is 0 Å². The largest absolute Gasteiger partial charge is 0.478 e. The molecule has 0 heterocycles. The summed E-state index contributed by atoms with van der Waals surface area (Å²) in [6.07, 6.45) is 0. The zero-order chi connectivity index (χ0) is 17.1. The Labute approximate surface area is 148 Å². The molecule has 0 radical (unpaired) electrons. The number of carboxylic acids is 1. The van der Waals surface area contributed by atoms with Crippen molar-refractivity contribution in [3.8, 4) is 0 Å². The molecule has 23 heavy (non-hydrogen) atoms. The van der Waals surface area contributed by atoms with Crippen LogP contribution in [0.1, 0.15) is 22.8 Å². The van der Waals surface area contributed by atoms with Crippen LogP contribution in [0.5, 0.6) is 0 Å². The van der Waals surface area contributed by atoms with E-state index in [9.17, 15) is 9.59 Å². The molecular formula is C16H12Cl3NO3. The number of benzene rings is 2. The highest BCUT2D eigenvalue weighted by atomic mass is 35.5. The second kappa shape index (κ2) is 7.21. The second-order valence-electron chi connectivity index (χ2n) is 4.82. The lowest BCUT2D eigenvalue weighted by molar-refractivity contribution is -0.116. The van der Waals surface area contributed by atoms with Gasteiger partial charge in [0.1, 0.15) is 0 Å². The van der Waals surface area contributed by atoms with Crippen molar-refractivity contribution in [2.45, 2.75) is 13.5 Å². The van der Waals surface area contributed by atoms with E-state index in [4.69, 9.17) is 39.9 Å². The van der Waals surface area contributed by atoms with E-state index in [1.54, 1.807) is 18.2 Å². The quantitative estimate of drug-likeness (QED) is 0.830. The van der Waals surface area contributed by atoms with Gasteiger partial charge in [0.2, 0.25) is 5.91 Å². The zero-order valence-electron chi connectivity index (χ0n) is 12.0. The van der Waals surface area contributed by atoms with E-state index in [2.05, 4.69) is 0 Å². The monoisotopic (exact) mass is 371 g/mol. The minimum absolute atomic E-state index is 0.0199. The standard InChI is InChI=1S/C16H12Cl3NO3/c1-9(21)20(8-10-2-5-13(17)15(19)6-10)11-3-4-12(16(22)23)14(18)7-11/h2-7H,8H2,1H3,(H,22,23). The molecular weight excluding hydrogens is 361 g/mol. The summed E-state index contributed by atoms with van der Waals surface area (Å²) in [6.45, 7) is 1.67. The molecule has 0 aliphatic carbocycles. The minimum Gasteiger partial charge on any atom is -0.478 e. The van der Waals surface area contributed by atoms with Crippen LogP contribution in [-0.2, 0) is 11.3 Å². The van der Waals surface area contributed by atoms with E-state index in [0.29, 0.717) is 15.7 Å². The maximum atomic E-state index is 11.9. The van der Waals surface area contributed by atoms with E-state index in [0.717, 1.165) is 5.56 Å². The van der Waals surface area contributed by atoms with Gasteiger partial charge in [-0.3, -0.25) is 4.79 Å². The molecule has 0 unspecified atom stereocenters. The Kier molecular flexibility index (Phi) is 5.52. The summed E-state index contributed by atoms with van der Waals surface area (Å²) in [5.41, 5.74) is 1.26. The lowest BCUT2D eigenvalue weighted by Gasteiger charge is -2.22. The summed E-state index contributed by atoms with van der Waals surface area (Å²) in [4.78, 5) is 24.4. The van der Waals surface area contributed by atoms with Gasteiger partial charge >= 0.3 is 5.97 Å². The van der Waals surface area contributed by atoms with Crippen LogP contribution in [0, 0.1) is 0 Å². The van der Waals surface area contributed by atoms with Crippen LogP contribution in [0.4, 0.5) is 5.69 Å². The van der Waals surface area contributed by atoms with Gasteiger partial charge in [0.15, 0.2) is 0 Å². The first-order valence-electron chi connectivity index (χ1n) is 6.54. The summed E-state index contributed by atoms with van der Waals surface area (Å²) < 4.78 is 0. The van der Waals surface area contributed by atoms with Crippen molar-refractivity contribution in [1.29, 1.82) is 0 Å². The molecule has 2 rings (SSSR count). The van der Waals surface area contributed by atoms with Gasteiger partial charge in [-0.15, -0.1) is 0 Å². The topological polar surface area (TPSA) is 57.6 Å². The number of hydrogen-bond donors (Lipinski definition) is 1. The molecule has 1 amide bonds. The van der Waals surface area contributed by atoms with Gasteiger partial charge in [-0.05, 0) is 35.9 Å². The molecule has 0 bridgehead atoms. The number of hydrogen-bond acceptors (Lipinski definition) is 2. The third kappa shape index (κ3) is 4.16. The average Bonchev–Trinajstić information content (AvgIpc) is 2.47. The van der Waals surface area contributed by atoms with Crippen molar-refractivity contribution in [2.75, 3.05) is 4.90 Å². The summed E-state index contributed by atoms with van der Waals surface area (Å²) >= 11 is 17.8. The molecule has 2 aromatic rings. The van der Waals surface area contributed by atoms with Crippen molar-refractivity contribution in [2.24, 2.45) is 0 Å². The fourth-order valence-electron chi connectivity index (χ4n) is 2.05. The first-order valence-corrected chi connectivity index (χ1v) is 7.68. The van der Waals surface area contributed by atoms with Crippen LogP contribution in [-0.4, -0.2) is 17.0 Å². The van der Waals surface area contributed by atoms with E-state index in [1.165, 1.54) is 30.0 Å². The number of amides is 1. The molecule has 0 aliphatic rings. The first-order chi connectivity index (χ1) is 10.8. The van der Waals surface area contributed by atoms with Gasteiger partial charge in [0.05, 0.1) is 27.2 Å². The van der Waals surface area contributed by atoms with Crippen LogP contribution in [0.15, 0.2) is 36.4 Å². The van der Waals surface area contributed by atoms with Crippen LogP contribution in [0.2, 0.25) is 15.1 Å². The molecule has 0 atom stereocenters. The highest BCUT2D eigenvalue weighted by molar-refractivity contribution is 6.42. The predicted octanol–water partition coefficient (Wildman–Crippen LogP) is 4.90. The first kappa shape index (κ1) is 17.6. The second-order valence-corrected chi connectivity index (χ2v) is 6.04. The molecule has 1 N–H and O–H groups in total. The Bertz CT molecular complexity index is 777. The smallest absolute Gasteiger partial charge is 0.337 e. The van der Waals surface area contributed by atoms with Gasteiger partial charge in [-0.25, -0.2) is 4.79 Å². The summed E-state index contributed by atoms with van der Waals surface area (Å²) in [7, 11) is 0. The summed E-state index contributed by atoms with van der Waals surface area (Å²) in [6, 6.07) is 9.44. The molecule has 0 fully saturated rings. The molecule has 7 heteroatoms. The van der Waals surface area contributed by atoms with Crippen LogP contribution >= 0.6 is 34.8 Å². The number of carbonyl (C=O) groups excluding carboxylic acids is 1. The molecule has 120 valence electrons. The molecule has 0 aromatic heterocycles. The molecule has 0 saturated heterocycles. The maximum Gasteiger partial charge on any atom is 0.337 e. The zero-order valence-corrected chi connectivity index (χ0v) is 14.3. The number of anilines is 1. The molecule has 0 aliphatic heterocycles. The van der Waals surface area contributed by atoms with E-state index < -0.39 is 5.97 Å².